The first-order chi connectivity index (χ1) is 19.0. The van der Waals surface area contributed by atoms with Crippen molar-refractivity contribution in [3.63, 3.8) is 0 Å². The Bertz CT molecular complexity index is 1160. The number of ether oxygens (including phenoxy) is 5. The predicted octanol–water partition coefficient (Wildman–Crippen LogP) is 2.45. The molecule has 0 aromatic rings. The fourth-order valence-corrected chi connectivity index (χ4v) is 6.94. The summed E-state index contributed by atoms with van der Waals surface area (Å²) in [6, 6.07) is 0. The molecule has 2 fully saturated rings. The zero-order valence-corrected chi connectivity index (χ0v) is 24.8. The highest BCUT2D eigenvalue weighted by molar-refractivity contribution is 5.89. The molecule has 0 bridgehead atoms. The number of carbonyl (C=O) groups excluding carboxylic acids is 4. The summed E-state index contributed by atoms with van der Waals surface area (Å²) in [5, 5.41) is 23.9. The molecule has 41 heavy (non-hydrogen) atoms. The molecule has 4 aliphatic rings. The van der Waals surface area contributed by atoms with E-state index in [1.165, 1.54) is 33.8 Å². The van der Waals surface area contributed by atoms with Crippen molar-refractivity contribution < 1.29 is 53.1 Å². The lowest BCUT2D eigenvalue weighted by atomic mass is 9.55. The van der Waals surface area contributed by atoms with E-state index in [0.29, 0.717) is 12.0 Å². The SMILES string of the molecule is CCCCCC(=O)OC1C[C@H](O)[C@@]2(C)C=C[C@@H](OC(C)=O)[C@@](C)(O)[C@@H]2C(OC(C)=O)[C@]23O[C@@]2(C)C(=O)O[C@H]3/C=C\1C. The van der Waals surface area contributed by atoms with Crippen molar-refractivity contribution in [2.45, 2.75) is 128 Å². The summed E-state index contributed by atoms with van der Waals surface area (Å²) in [6.07, 6.45) is 1.63. The maximum absolute atomic E-state index is 13.1. The third kappa shape index (κ3) is 5.10. The molecular formula is C30H42O11. The largest absolute Gasteiger partial charge is 0.459 e. The van der Waals surface area contributed by atoms with Gasteiger partial charge in [0.05, 0.1) is 6.10 Å². The number of aliphatic hydroxyl groups is 2. The van der Waals surface area contributed by atoms with E-state index in [1.807, 2.05) is 6.92 Å². The quantitative estimate of drug-likeness (QED) is 0.150. The van der Waals surface area contributed by atoms with Crippen LogP contribution in [0.25, 0.3) is 0 Å². The molecule has 228 valence electrons. The van der Waals surface area contributed by atoms with E-state index >= 15 is 0 Å². The Hall–Kier alpha value is -2.76. The van der Waals surface area contributed by atoms with E-state index < -0.39 is 82.5 Å². The highest BCUT2D eigenvalue weighted by atomic mass is 16.7. The van der Waals surface area contributed by atoms with Crippen LogP contribution in [-0.2, 0) is 42.9 Å². The van der Waals surface area contributed by atoms with Crippen LogP contribution in [0.3, 0.4) is 0 Å². The van der Waals surface area contributed by atoms with Crippen LogP contribution < -0.4 is 0 Å². The molecule has 0 saturated carbocycles. The van der Waals surface area contributed by atoms with E-state index in [4.69, 9.17) is 23.7 Å². The van der Waals surface area contributed by atoms with Crippen LogP contribution in [-0.4, -0.2) is 81.4 Å². The van der Waals surface area contributed by atoms with Crippen molar-refractivity contribution in [2.75, 3.05) is 0 Å². The monoisotopic (exact) mass is 578 g/mol. The van der Waals surface area contributed by atoms with Gasteiger partial charge < -0.3 is 33.9 Å². The lowest BCUT2D eigenvalue weighted by Gasteiger charge is -2.54. The number of epoxide rings is 1. The van der Waals surface area contributed by atoms with Crippen LogP contribution in [0.1, 0.15) is 80.6 Å². The van der Waals surface area contributed by atoms with Gasteiger partial charge in [0.25, 0.3) is 0 Å². The molecule has 0 aromatic heterocycles. The van der Waals surface area contributed by atoms with Gasteiger partial charge in [-0.1, -0.05) is 32.8 Å². The topological polar surface area (TPSA) is 158 Å². The molecule has 11 nitrogen and oxygen atoms in total. The van der Waals surface area contributed by atoms with Crippen LogP contribution in [0.4, 0.5) is 0 Å². The minimum Gasteiger partial charge on any atom is -0.459 e. The summed E-state index contributed by atoms with van der Waals surface area (Å²) in [4.78, 5) is 50.4. The first kappa shape index (κ1) is 31.2. The molecule has 2 unspecified atom stereocenters. The van der Waals surface area contributed by atoms with Crippen molar-refractivity contribution in [3.05, 3.63) is 23.8 Å². The number of aliphatic hydroxyl groups excluding tert-OH is 1. The van der Waals surface area contributed by atoms with Crippen LogP contribution >= 0.6 is 0 Å². The zero-order chi connectivity index (χ0) is 30.5. The Labute approximate surface area is 240 Å². The number of unbranched alkanes of at least 4 members (excludes halogenated alkanes) is 2. The van der Waals surface area contributed by atoms with Crippen molar-refractivity contribution in [3.8, 4) is 0 Å². The Kier molecular flexibility index (Phi) is 8.23. The van der Waals surface area contributed by atoms with Gasteiger partial charge in [0.15, 0.2) is 17.3 Å². The molecule has 0 radical (unpaired) electrons. The summed E-state index contributed by atoms with van der Waals surface area (Å²) in [7, 11) is 0. The summed E-state index contributed by atoms with van der Waals surface area (Å²) >= 11 is 0. The first-order valence-corrected chi connectivity index (χ1v) is 14.3. The summed E-state index contributed by atoms with van der Waals surface area (Å²) < 4.78 is 29.1. The highest BCUT2D eigenvalue weighted by Gasteiger charge is 2.87. The number of rotatable bonds is 7. The van der Waals surface area contributed by atoms with Gasteiger partial charge in [-0.2, -0.15) is 0 Å². The fourth-order valence-electron chi connectivity index (χ4n) is 6.94. The molecular weight excluding hydrogens is 536 g/mol. The van der Waals surface area contributed by atoms with E-state index in [2.05, 4.69) is 0 Å². The van der Waals surface area contributed by atoms with Gasteiger partial charge in [-0.15, -0.1) is 0 Å². The standard InChI is InChI=1S/C30H42O11/c1-8-9-10-11-23(34)39-19-15-20(33)27(5)13-12-21(37-17(3)31)28(6,36)24(27)25(38-18(4)32)30-22(14-16(19)2)40-26(35)29(30,7)41-30/h12-14,19-22,24-25,33,36H,8-11,15H2,1-7H3/b16-14-/t19?,20-,21+,22-,24+,25?,27+,28+,29-,30-/m0/s1. The Balaban J connectivity index is 1.89. The smallest absolute Gasteiger partial charge is 0.342 e. The molecule has 0 aromatic carbocycles. The normalized spacial score (nSPS) is 44.2. The maximum Gasteiger partial charge on any atom is 0.342 e. The maximum atomic E-state index is 13.1. The lowest BCUT2D eigenvalue weighted by molar-refractivity contribution is -0.216. The molecule has 0 amide bonds. The van der Waals surface area contributed by atoms with Crippen molar-refractivity contribution in [1.29, 1.82) is 0 Å². The second-order valence-electron chi connectivity index (χ2n) is 12.3. The number of hydrogen-bond donors (Lipinski definition) is 2. The van der Waals surface area contributed by atoms with E-state index in [0.717, 1.165) is 12.8 Å². The average molecular weight is 579 g/mol. The Morgan fingerprint density at radius 3 is 2.32 bits per heavy atom. The molecule has 10 atom stereocenters. The number of hydrogen-bond acceptors (Lipinski definition) is 11. The third-order valence-electron chi connectivity index (χ3n) is 9.28. The van der Waals surface area contributed by atoms with Gasteiger partial charge >= 0.3 is 23.9 Å². The van der Waals surface area contributed by atoms with Gasteiger partial charge in [0.1, 0.15) is 23.9 Å². The predicted molar refractivity (Wildman–Crippen MR) is 143 cm³/mol. The fraction of sp³-hybridized carbons (Fsp3) is 0.733. The van der Waals surface area contributed by atoms with Gasteiger partial charge in [-0.3, -0.25) is 14.4 Å². The van der Waals surface area contributed by atoms with Crippen molar-refractivity contribution in [1.82, 2.24) is 0 Å². The van der Waals surface area contributed by atoms with Crippen LogP contribution in [0, 0.1) is 11.3 Å². The summed E-state index contributed by atoms with van der Waals surface area (Å²) in [5.41, 5.74) is -5.84. The van der Waals surface area contributed by atoms with Crippen molar-refractivity contribution in [2.24, 2.45) is 11.3 Å². The van der Waals surface area contributed by atoms with Crippen LogP contribution in [0.15, 0.2) is 23.8 Å². The van der Waals surface area contributed by atoms with Gasteiger partial charge in [-0.25, -0.2) is 4.79 Å². The second-order valence-corrected chi connectivity index (χ2v) is 12.3. The van der Waals surface area contributed by atoms with Gasteiger partial charge in [0.2, 0.25) is 0 Å². The Morgan fingerprint density at radius 1 is 1.07 bits per heavy atom. The minimum absolute atomic E-state index is 0.0634. The minimum atomic E-state index is -1.92. The molecule has 1 spiro atoms. The van der Waals surface area contributed by atoms with Gasteiger partial charge in [0, 0.05) is 38.0 Å². The second kappa shape index (κ2) is 10.8. The summed E-state index contributed by atoms with van der Waals surface area (Å²) in [6.45, 7) is 10.8. The number of fused-ring (bicyclic) bond motifs is 1. The molecule has 2 aliphatic heterocycles. The Morgan fingerprint density at radius 2 is 1.73 bits per heavy atom. The van der Waals surface area contributed by atoms with E-state index in [-0.39, 0.29) is 12.8 Å². The first-order valence-electron chi connectivity index (χ1n) is 14.3. The van der Waals surface area contributed by atoms with E-state index in [9.17, 15) is 29.4 Å². The summed E-state index contributed by atoms with van der Waals surface area (Å²) in [5.74, 6) is -3.63. The molecule has 4 rings (SSSR count). The molecule has 2 heterocycles. The van der Waals surface area contributed by atoms with E-state index in [1.54, 1.807) is 26.0 Å². The lowest BCUT2D eigenvalue weighted by Crippen LogP contribution is -2.67. The molecule has 2 N–H and O–H groups in total. The van der Waals surface area contributed by atoms with Crippen LogP contribution in [0.2, 0.25) is 0 Å². The molecule has 2 aliphatic carbocycles. The van der Waals surface area contributed by atoms with Crippen molar-refractivity contribution >= 4 is 23.9 Å². The average Bonchev–Trinajstić information content (AvgIpc) is 3.45. The zero-order valence-electron chi connectivity index (χ0n) is 24.8. The highest BCUT2D eigenvalue weighted by Crippen LogP contribution is 2.65. The number of carbonyl (C=O) groups is 4. The van der Waals surface area contributed by atoms with Gasteiger partial charge in [-0.05, 0) is 44.9 Å². The molecule has 2 saturated heterocycles. The van der Waals surface area contributed by atoms with Crippen LogP contribution in [0.5, 0.6) is 0 Å². The number of esters is 4. The third-order valence-corrected chi connectivity index (χ3v) is 9.28. The molecule has 11 heteroatoms.